The van der Waals surface area contributed by atoms with Crippen molar-refractivity contribution in [3.8, 4) is 5.75 Å². The van der Waals surface area contributed by atoms with Gasteiger partial charge in [0, 0.05) is 10.5 Å². The van der Waals surface area contributed by atoms with Crippen LogP contribution in [0.4, 0.5) is 5.69 Å². The smallest absolute Gasteiger partial charge is 0.313 e. The summed E-state index contributed by atoms with van der Waals surface area (Å²) in [5, 5.41) is 14.0. The number of nitrogens with zero attached hydrogens (tertiary/aromatic N) is 4. The van der Waals surface area contributed by atoms with Crippen LogP contribution < -0.4 is 4.74 Å². The Kier molecular flexibility index (Phi) is 4.11. The lowest BCUT2D eigenvalue weighted by molar-refractivity contribution is -0.386. The van der Waals surface area contributed by atoms with Crippen LogP contribution in [0.5, 0.6) is 5.75 Å². The van der Waals surface area contributed by atoms with Crippen LogP contribution in [-0.4, -0.2) is 18.1 Å². The number of hydrogen-bond donors (Lipinski definition) is 0. The van der Waals surface area contributed by atoms with Crippen molar-refractivity contribution >= 4 is 5.69 Å². The fourth-order valence-corrected chi connectivity index (χ4v) is 1.22. The molecule has 0 bridgehead atoms. The van der Waals surface area contributed by atoms with E-state index in [1.54, 1.807) is 19.1 Å². The molecule has 0 amide bonds. The molecule has 0 aliphatic heterocycles. The molecule has 0 heterocycles. The summed E-state index contributed by atoms with van der Waals surface area (Å²) in [5.41, 5.74) is 8.53. The number of aryl methyl sites for hydroxylation is 1. The van der Waals surface area contributed by atoms with Gasteiger partial charge >= 0.3 is 5.69 Å². The predicted molar refractivity (Wildman–Crippen MR) is 57.3 cm³/mol. The Balaban J connectivity index is 2.82. The number of rotatable bonds is 5. The van der Waals surface area contributed by atoms with E-state index in [9.17, 15) is 10.1 Å². The highest BCUT2D eigenvalue weighted by atomic mass is 16.6. The lowest BCUT2D eigenvalue weighted by Gasteiger charge is -2.06. The molecule has 0 N–H and O–H groups in total. The molecule has 0 aliphatic carbocycles. The summed E-state index contributed by atoms with van der Waals surface area (Å²) in [6.07, 6.45) is 0. The summed E-state index contributed by atoms with van der Waals surface area (Å²) in [7, 11) is 0. The van der Waals surface area contributed by atoms with Crippen LogP contribution in [0.3, 0.4) is 0 Å². The quantitative estimate of drug-likeness (QED) is 0.191. The van der Waals surface area contributed by atoms with Gasteiger partial charge in [-0.3, -0.25) is 10.1 Å². The monoisotopic (exact) mass is 222 g/mol. The van der Waals surface area contributed by atoms with E-state index in [0.717, 1.165) is 0 Å². The van der Waals surface area contributed by atoms with Crippen LogP contribution >= 0.6 is 0 Å². The van der Waals surface area contributed by atoms with Crippen molar-refractivity contribution in [2.75, 3.05) is 13.2 Å². The number of nitro groups is 1. The summed E-state index contributed by atoms with van der Waals surface area (Å²) in [5.74, 6) is 0.193. The van der Waals surface area contributed by atoms with Crippen molar-refractivity contribution in [2.24, 2.45) is 5.11 Å². The van der Waals surface area contributed by atoms with E-state index in [-0.39, 0.29) is 24.6 Å². The second-order valence-corrected chi connectivity index (χ2v) is 2.98. The van der Waals surface area contributed by atoms with Crippen LogP contribution in [0.2, 0.25) is 0 Å². The Bertz CT molecular complexity index is 440. The van der Waals surface area contributed by atoms with E-state index in [0.29, 0.717) is 5.56 Å². The highest BCUT2D eigenvalue weighted by molar-refractivity contribution is 5.51. The van der Waals surface area contributed by atoms with Gasteiger partial charge in [0.2, 0.25) is 0 Å². The molecule has 0 unspecified atom stereocenters. The molecule has 7 heteroatoms. The molecule has 0 fully saturated rings. The first kappa shape index (κ1) is 11.8. The molecule has 0 aromatic heterocycles. The maximum absolute atomic E-state index is 10.8. The fraction of sp³-hybridized carbons (Fsp3) is 0.333. The Morgan fingerprint density at radius 1 is 1.62 bits per heavy atom. The van der Waals surface area contributed by atoms with Crippen LogP contribution in [0.15, 0.2) is 23.3 Å². The number of nitro benzene ring substituents is 1. The third-order valence-electron chi connectivity index (χ3n) is 1.90. The van der Waals surface area contributed by atoms with E-state index in [1.165, 1.54) is 6.07 Å². The lowest BCUT2D eigenvalue weighted by atomic mass is 10.2. The average Bonchev–Trinajstić information content (AvgIpc) is 2.24. The zero-order valence-electron chi connectivity index (χ0n) is 8.66. The van der Waals surface area contributed by atoms with E-state index >= 15 is 0 Å². The van der Waals surface area contributed by atoms with Crippen LogP contribution in [-0.2, 0) is 0 Å². The molecule has 0 radical (unpaired) electrons. The third kappa shape index (κ3) is 2.86. The van der Waals surface area contributed by atoms with Crippen LogP contribution in [0.1, 0.15) is 5.56 Å². The number of hydrogen-bond acceptors (Lipinski definition) is 4. The Hall–Kier alpha value is -2.27. The van der Waals surface area contributed by atoms with Gasteiger partial charge < -0.3 is 4.74 Å². The summed E-state index contributed by atoms with van der Waals surface area (Å²) < 4.78 is 5.17. The molecular weight excluding hydrogens is 212 g/mol. The lowest BCUT2D eigenvalue weighted by Crippen LogP contribution is -2.03. The highest BCUT2D eigenvalue weighted by Gasteiger charge is 2.17. The molecule has 7 nitrogen and oxygen atoms in total. The molecule has 0 aliphatic rings. The molecule has 16 heavy (non-hydrogen) atoms. The number of benzene rings is 1. The molecule has 1 aromatic rings. The molecule has 0 atom stereocenters. The van der Waals surface area contributed by atoms with Gasteiger partial charge in [0.25, 0.3) is 0 Å². The van der Waals surface area contributed by atoms with Crippen molar-refractivity contribution in [2.45, 2.75) is 6.92 Å². The third-order valence-corrected chi connectivity index (χ3v) is 1.90. The van der Waals surface area contributed by atoms with Crippen molar-refractivity contribution < 1.29 is 9.66 Å². The second kappa shape index (κ2) is 5.57. The van der Waals surface area contributed by atoms with Gasteiger partial charge in [0.1, 0.15) is 0 Å². The Labute approximate surface area is 91.4 Å². The van der Waals surface area contributed by atoms with Crippen molar-refractivity contribution in [3.05, 3.63) is 44.3 Å². The predicted octanol–water partition coefficient (Wildman–Crippen LogP) is 2.59. The molecule has 0 saturated carbocycles. The minimum atomic E-state index is -0.488. The van der Waals surface area contributed by atoms with Crippen molar-refractivity contribution in [3.63, 3.8) is 0 Å². The molecule has 1 aromatic carbocycles. The largest absolute Gasteiger partial charge is 0.487 e. The minimum absolute atomic E-state index is 0.0524. The fourth-order valence-electron chi connectivity index (χ4n) is 1.22. The standard InChI is InChI=1S/C9H10N4O3/c1-7-3-2-4-8(9(7)13(14)15)16-6-5-11-12-10/h2-4H,5-6H2,1H3. The van der Waals surface area contributed by atoms with Gasteiger partial charge in [-0.15, -0.1) is 0 Å². The van der Waals surface area contributed by atoms with Gasteiger partial charge in [-0.1, -0.05) is 17.2 Å². The highest BCUT2D eigenvalue weighted by Crippen LogP contribution is 2.29. The second-order valence-electron chi connectivity index (χ2n) is 2.98. The first-order chi connectivity index (χ1) is 7.66. The van der Waals surface area contributed by atoms with E-state index < -0.39 is 4.92 Å². The summed E-state index contributed by atoms with van der Waals surface area (Å²) in [6, 6.07) is 4.82. The Morgan fingerprint density at radius 2 is 2.38 bits per heavy atom. The van der Waals surface area contributed by atoms with Gasteiger partial charge in [-0.25, -0.2) is 0 Å². The van der Waals surface area contributed by atoms with Crippen molar-refractivity contribution in [1.29, 1.82) is 0 Å². The van der Waals surface area contributed by atoms with Gasteiger partial charge in [-0.2, -0.15) is 0 Å². The van der Waals surface area contributed by atoms with Gasteiger partial charge in [0.15, 0.2) is 5.75 Å². The minimum Gasteiger partial charge on any atom is -0.487 e. The molecule has 84 valence electrons. The molecule has 1 rings (SSSR count). The van der Waals surface area contributed by atoms with Gasteiger partial charge in [-0.05, 0) is 18.5 Å². The van der Waals surface area contributed by atoms with E-state index in [4.69, 9.17) is 10.3 Å². The summed E-state index contributed by atoms with van der Waals surface area (Å²) >= 11 is 0. The zero-order valence-corrected chi connectivity index (χ0v) is 8.66. The number of para-hydroxylation sites is 1. The summed E-state index contributed by atoms with van der Waals surface area (Å²) in [4.78, 5) is 12.8. The summed E-state index contributed by atoms with van der Waals surface area (Å²) in [6.45, 7) is 1.90. The maximum atomic E-state index is 10.8. The van der Waals surface area contributed by atoms with Crippen LogP contribution in [0, 0.1) is 17.0 Å². The zero-order chi connectivity index (χ0) is 12.0. The SMILES string of the molecule is Cc1cccc(OCCN=[N+]=[N-])c1[N+](=O)[O-]. The van der Waals surface area contributed by atoms with E-state index in [2.05, 4.69) is 10.0 Å². The molecular formula is C9H10N4O3. The van der Waals surface area contributed by atoms with Gasteiger partial charge in [0.05, 0.1) is 18.1 Å². The average molecular weight is 222 g/mol. The maximum Gasteiger partial charge on any atom is 0.313 e. The number of azide groups is 1. The van der Waals surface area contributed by atoms with E-state index in [1.807, 2.05) is 0 Å². The molecule has 0 saturated heterocycles. The topological polar surface area (TPSA) is 101 Å². The van der Waals surface area contributed by atoms with Crippen molar-refractivity contribution in [1.82, 2.24) is 0 Å². The first-order valence-electron chi connectivity index (χ1n) is 4.54. The number of ether oxygens (including phenoxy) is 1. The Morgan fingerprint density at radius 3 is 3.00 bits per heavy atom. The normalized spacial score (nSPS) is 9.31. The first-order valence-corrected chi connectivity index (χ1v) is 4.54. The molecule has 0 spiro atoms. The van der Waals surface area contributed by atoms with Crippen LogP contribution in [0.25, 0.3) is 10.4 Å².